The second kappa shape index (κ2) is 11.7. The van der Waals surface area contributed by atoms with E-state index >= 15 is 0 Å². The van der Waals surface area contributed by atoms with Crippen molar-refractivity contribution < 1.29 is 4.79 Å². The molecule has 1 aromatic carbocycles. The minimum absolute atomic E-state index is 0. The lowest BCUT2D eigenvalue weighted by Gasteiger charge is -2.38. The predicted octanol–water partition coefficient (Wildman–Crippen LogP) is 3.31. The number of nitrogens with one attached hydrogen (secondary N) is 1. The summed E-state index contributed by atoms with van der Waals surface area (Å²) in [6.07, 6.45) is 1.67. The number of hydrogen-bond donors (Lipinski definition) is 2. The molecule has 0 spiro atoms. The number of halogens is 2. The van der Waals surface area contributed by atoms with Gasteiger partial charge in [-0.05, 0) is 51.0 Å². The van der Waals surface area contributed by atoms with Crippen LogP contribution in [-0.2, 0) is 0 Å². The van der Waals surface area contributed by atoms with Crippen LogP contribution in [0.5, 0.6) is 0 Å². The fourth-order valence-electron chi connectivity index (χ4n) is 3.40. The van der Waals surface area contributed by atoms with E-state index < -0.39 is 0 Å². The second-order valence-corrected chi connectivity index (χ2v) is 7.31. The van der Waals surface area contributed by atoms with Crippen LogP contribution >= 0.6 is 24.8 Å². The Bertz CT molecular complexity index is 545. The molecule has 3 N–H and O–H groups in total. The molecule has 5 nitrogen and oxygen atoms in total. The summed E-state index contributed by atoms with van der Waals surface area (Å²) in [5.41, 5.74) is 7.47. The molecular formula is C20H36Cl2N4O. The number of carbonyl (C=O) groups excluding carboxylic acids is 1. The summed E-state index contributed by atoms with van der Waals surface area (Å²) in [7, 11) is 0. The van der Waals surface area contributed by atoms with E-state index in [-0.39, 0.29) is 36.3 Å². The van der Waals surface area contributed by atoms with Gasteiger partial charge in [0.25, 0.3) is 5.91 Å². The molecule has 0 unspecified atom stereocenters. The summed E-state index contributed by atoms with van der Waals surface area (Å²) < 4.78 is 0. The molecule has 1 saturated heterocycles. The fourth-order valence-corrected chi connectivity index (χ4v) is 3.40. The van der Waals surface area contributed by atoms with Crippen molar-refractivity contribution in [3.05, 3.63) is 29.8 Å². The number of rotatable bonds is 7. The Morgan fingerprint density at radius 1 is 1.07 bits per heavy atom. The van der Waals surface area contributed by atoms with Crippen LogP contribution in [0.15, 0.2) is 24.3 Å². The summed E-state index contributed by atoms with van der Waals surface area (Å²) in [6.45, 7) is 13.3. The van der Waals surface area contributed by atoms with Gasteiger partial charge in [0.15, 0.2) is 0 Å². The highest BCUT2D eigenvalue weighted by atomic mass is 35.5. The summed E-state index contributed by atoms with van der Waals surface area (Å²) in [4.78, 5) is 17.4. The van der Waals surface area contributed by atoms with Gasteiger partial charge in [0, 0.05) is 50.0 Å². The van der Waals surface area contributed by atoms with Gasteiger partial charge in [0.1, 0.15) is 0 Å². The monoisotopic (exact) mass is 418 g/mol. The van der Waals surface area contributed by atoms with Crippen molar-refractivity contribution in [1.29, 1.82) is 0 Å². The average molecular weight is 419 g/mol. The molecule has 1 amide bonds. The zero-order chi connectivity index (χ0) is 18.4. The van der Waals surface area contributed by atoms with Gasteiger partial charge >= 0.3 is 0 Å². The maximum absolute atomic E-state index is 12.6. The first-order valence-corrected chi connectivity index (χ1v) is 9.56. The van der Waals surface area contributed by atoms with Crippen molar-refractivity contribution in [3.8, 4) is 0 Å². The van der Waals surface area contributed by atoms with Gasteiger partial charge in [-0.2, -0.15) is 0 Å². The smallest absolute Gasteiger partial charge is 0.251 e. The fraction of sp³-hybridized carbons (Fsp3) is 0.650. The number of benzene rings is 1. The molecule has 0 atom stereocenters. The number of hydrogen-bond acceptors (Lipinski definition) is 4. The number of nitrogens with two attached hydrogens (primary N) is 1. The molecule has 1 fully saturated rings. The minimum atomic E-state index is -0.303. The number of nitrogens with zero attached hydrogens (tertiary/aromatic N) is 2. The second-order valence-electron chi connectivity index (χ2n) is 7.31. The third-order valence-corrected chi connectivity index (χ3v) is 5.66. The van der Waals surface area contributed by atoms with Gasteiger partial charge in [-0.15, -0.1) is 24.8 Å². The zero-order valence-corrected chi connectivity index (χ0v) is 18.7. The summed E-state index contributed by atoms with van der Waals surface area (Å²) >= 11 is 0. The van der Waals surface area contributed by atoms with E-state index in [1.54, 1.807) is 0 Å². The highest BCUT2D eigenvalue weighted by Crippen LogP contribution is 2.19. The molecule has 1 aromatic rings. The van der Waals surface area contributed by atoms with Crippen molar-refractivity contribution in [2.24, 2.45) is 5.73 Å². The Kier molecular flexibility index (Phi) is 11.3. The van der Waals surface area contributed by atoms with Crippen LogP contribution in [0, 0.1) is 0 Å². The molecule has 1 aliphatic rings. The van der Waals surface area contributed by atoms with Gasteiger partial charge in [0.05, 0.1) is 5.54 Å². The van der Waals surface area contributed by atoms with E-state index in [1.807, 2.05) is 12.1 Å². The molecule has 0 saturated carbocycles. The van der Waals surface area contributed by atoms with E-state index in [0.29, 0.717) is 18.2 Å². The van der Waals surface area contributed by atoms with E-state index in [9.17, 15) is 4.79 Å². The third-order valence-electron chi connectivity index (χ3n) is 5.66. The number of amides is 1. The summed E-state index contributed by atoms with van der Waals surface area (Å²) in [5, 5.41) is 3.13. The van der Waals surface area contributed by atoms with E-state index in [0.717, 1.165) is 39.0 Å². The summed E-state index contributed by atoms with van der Waals surface area (Å²) in [5.74, 6) is -0.0367. The molecule has 1 aliphatic heterocycles. The van der Waals surface area contributed by atoms with E-state index in [1.165, 1.54) is 5.69 Å². The van der Waals surface area contributed by atoms with Crippen molar-refractivity contribution in [3.63, 3.8) is 0 Å². The quantitative estimate of drug-likeness (QED) is 0.712. The molecular weight excluding hydrogens is 383 g/mol. The zero-order valence-electron chi connectivity index (χ0n) is 17.0. The first-order chi connectivity index (χ1) is 11.9. The maximum Gasteiger partial charge on any atom is 0.251 e. The molecule has 0 aliphatic carbocycles. The highest BCUT2D eigenvalue weighted by molar-refractivity contribution is 5.95. The van der Waals surface area contributed by atoms with Gasteiger partial charge < -0.3 is 16.0 Å². The van der Waals surface area contributed by atoms with Crippen LogP contribution in [0.2, 0.25) is 0 Å². The topological polar surface area (TPSA) is 61.6 Å². The van der Waals surface area contributed by atoms with E-state index in [4.69, 9.17) is 5.73 Å². The first kappa shape index (κ1) is 26.0. The maximum atomic E-state index is 12.6. The van der Waals surface area contributed by atoms with Gasteiger partial charge in [0.2, 0.25) is 0 Å². The highest BCUT2D eigenvalue weighted by Gasteiger charge is 2.27. The molecule has 2 rings (SSSR count). The number of piperazine rings is 1. The van der Waals surface area contributed by atoms with Gasteiger partial charge in [-0.3, -0.25) is 9.69 Å². The molecule has 0 radical (unpaired) electrons. The Balaban J connectivity index is 0.00000338. The number of carbonyl (C=O) groups is 1. The lowest BCUT2D eigenvalue weighted by atomic mass is 9.92. The van der Waals surface area contributed by atoms with Crippen LogP contribution in [-0.4, -0.2) is 55.1 Å². The number of anilines is 1. The van der Waals surface area contributed by atoms with Crippen molar-refractivity contribution in [2.75, 3.05) is 37.6 Å². The Morgan fingerprint density at radius 2 is 1.59 bits per heavy atom. The molecule has 7 heteroatoms. The van der Waals surface area contributed by atoms with Crippen molar-refractivity contribution >= 4 is 36.4 Å². The lowest BCUT2D eigenvalue weighted by molar-refractivity contribution is 0.0895. The van der Waals surface area contributed by atoms with Crippen LogP contribution in [0.25, 0.3) is 0 Å². The van der Waals surface area contributed by atoms with Crippen LogP contribution in [0.1, 0.15) is 50.9 Å². The average Bonchev–Trinajstić information content (AvgIpc) is 2.66. The molecule has 0 aromatic heterocycles. The lowest BCUT2D eigenvalue weighted by Crippen LogP contribution is -2.52. The molecule has 1 heterocycles. The molecule has 0 bridgehead atoms. The SMILES string of the molecule is CCC(CC)(CN)NC(=O)c1ccc(N2CCN(C(C)C)CC2)cc1.Cl.Cl. The largest absolute Gasteiger partial charge is 0.369 e. The van der Waals surface area contributed by atoms with Crippen LogP contribution in [0.4, 0.5) is 5.69 Å². The molecule has 156 valence electrons. The van der Waals surface area contributed by atoms with Crippen molar-refractivity contribution in [1.82, 2.24) is 10.2 Å². The standard InChI is InChI=1S/C20H34N4O.2ClH/c1-5-20(6-2,15-21)22-19(25)17-7-9-18(10-8-17)24-13-11-23(12-14-24)16(3)4;;/h7-10,16H,5-6,11-15,21H2,1-4H3,(H,22,25);2*1H. The van der Waals surface area contributed by atoms with Crippen LogP contribution in [0.3, 0.4) is 0 Å². The van der Waals surface area contributed by atoms with Crippen molar-refractivity contribution in [2.45, 2.75) is 52.1 Å². The minimum Gasteiger partial charge on any atom is -0.369 e. The first-order valence-electron chi connectivity index (χ1n) is 9.56. The Labute approximate surface area is 176 Å². The van der Waals surface area contributed by atoms with Gasteiger partial charge in [-0.1, -0.05) is 13.8 Å². The Morgan fingerprint density at radius 3 is 2.00 bits per heavy atom. The Hall–Kier alpha value is -1.01. The van der Waals surface area contributed by atoms with Crippen LogP contribution < -0.4 is 16.0 Å². The normalized spacial score (nSPS) is 15.1. The predicted molar refractivity (Wildman–Crippen MR) is 120 cm³/mol. The molecule has 27 heavy (non-hydrogen) atoms. The third kappa shape index (κ3) is 6.53. The summed E-state index contributed by atoms with van der Waals surface area (Å²) in [6, 6.07) is 8.57. The van der Waals surface area contributed by atoms with E-state index in [2.05, 4.69) is 54.9 Å². The van der Waals surface area contributed by atoms with Gasteiger partial charge in [-0.25, -0.2) is 0 Å².